The summed E-state index contributed by atoms with van der Waals surface area (Å²) >= 11 is 0. The molecule has 0 aromatic rings. The normalized spacial score (nSPS) is 28.4. The summed E-state index contributed by atoms with van der Waals surface area (Å²) < 4.78 is 0. The molecule has 4 aliphatic rings. The molecule has 23 heavy (non-hydrogen) atoms. The van der Waals surface area contributed by atoms with Gasteiger partial charge in [0.1, 0.15) is 0 Å². The van der Waals surface area contributed by atoms with Gasteiger partial charge < -0.3 is 9.80 Å². The molecule has 2 saturated heterocycles. The number of likely N-dealkylation sites (tertiary alicyclic amines) is 2. The van der Waals surface area contributed by atoms with E-state index in [0.717, 1.165) is 22.7 Å². The van der Waals surface area contributed by atoms with Crippen LogP contribution in [0, 0.1) is 22.7 Å². The van der Waals surface area contributed by atoms with Crippen molar-refractivity contribution < 1.29 is 0 Å². The van der Waals surface area contributed by atoms with Gasteiger partial charge in [-0.05, 0) is 74.3 Å². The summed E-state index contributed by atoms with van der Waals surface area (Å²) in [6.07, 6.45) is 10.5. The van der Waals surface area contributed by atoms with Crippen LogP contribution in [0.4, 0.5) is 0 Å². The molecule has 4 fully saturated rings. The molecule has 0 N–H and O–H groups in total. The lowest BCUT2D eigenvalue weighted by atomic mass is 9.68. The molecule has 4 rings (SSSR count). The first-order valence-electron chi connectivity index (χ1n) is 10.4. The van der Waals surface area contributed by atoms with E-state index in [0.29, 0.717) is 0 Å². The molecule has 2 nitrogen and oxygen atoms in total. The second kappa shape index (κ2) is 7.04. The van der Waals surface area contributed by atoms with E-state index in [9.17, 15) is 0 Å². The molecule has 2 spiro atoms. The third-order valence-corrected chi connectivity index (χ3v) is 6.65. The van der Waals surface area contributed by atoms with Crippen molar-refractivity contribution in [1.29, 1.82) is 0 Å². The van der Waals surface area contributed by atoms with E-state index in [1.807, 2.05) is 0 Å². The number of hydrogen-bond acceptors (Lipinski definition) is 2. The minimum Gasteiger partial charge on any atom is -0.303 e. The third kappa shape index (κ3) is 4.72. The number of hydrogen-bond donors (Lipinski definition) is 0. The summed E-state index contributed by atoms with van der Waals surface area (Å²) in [7, 11) is 0. The van der Waals surface area contributed by atoms with Crippen molar-refractivity contribution in [2.75, 3.05) is 39.3 Å². The minimum atomic E-state index is 0.800. The Labute approximate surface area is 145 Å². The lowest BCUT2D eigenvalue weighted by Crippen LogP contribution is -2.34. The van der Waals surface area contributed by atoms with Crippen molar-refractivity contribution >= 4 is 0 Å². The Morgan fingerprint density at radius 2 is 1.09 bits per heavy atom. The van der Waals surface area contributed by atoms with Crippen LogP contribution >= 0.6 is 0 Å². The second-order valence-electron chi connectivity index (χ2n) is 10.1. The zero-order valence-corrected chi connectivity index (χ0v) is 16.2. The summed E-state index contributed by atoms with van der Waals surface area (Å²) in [6.45, 7) is 17.5. The van der Waals surface area contributed by atoms with Crippen LogP contribution in [0.2, 0.25) is 0 Å². The molecule has 0 unspecified atom stereocenters. The maximum Gasteiger partial charge on any atom is 0.00386 e. The molecule has 2 aliphatic carbocycles. The van der Waals surface area contributed by atoms with Crippen molar-refractivity contribution in [3.63, 3.8) is 0 Å². The summed E-state index contributed by atoms with van der Waals surface area (Å²) in [5.74, 6) is 1.70. The zero-order chi connectivity index (χ0) is 16.5. The van der Waals surface area contributed by atoms with Crippen LogP contribution < -0.4 is 0 Å². The van der Waals surface area contributed by atoms with Gasteiger partial charge in [0.2, 0.25) is 0 Å². The third-order valence-electron chi connectivity index (χ3n) is 6.65. The predicted octanol–water partition coefficient (Wildman–Crippen LogP) is 4.65. The van der Waals surface area contributed by atoms with Crippen LogP contribution in [-0.2, 0) is 0 Å². The van der Waals surface area contributed by atoms with Gasteiger partial charge in [-0.15, -0.1) is 0 Å². The summed E-state index contributed by atoms with van der Waals surface area (Å²) in [5, 5.41) is 0. The lowest BCUT2D eigenvalue weighted by Gasteiger charge is -2.38. The molecule has 0 atom stereocenters. The van der Waals surface area contributed by atoms with Gasteiger partial charge in [-0.2, -0.15) is 0 Å². The van der Waals surface area contributed by atoms with Gasteiger partial charge in [-0.3, -0.25) is 0 Å². The van der Waals surface area contributed by atoms with Crippen molar-refractivity contribution in [3.8, 4) is 0 Å². The number of nitrogens with zero attached hydrogens (tertiary/aromatic N) is 2. The van der Waals surface area contributed by atoms with Gasteiger partial charge in [-0.25, -0.2) is 0 Å². The van der Waals surface area contributed by atoms with E-state index in [4.69, 9.17) is 0 Å². The van der Waals surface area contributed by atoms with E-state index in [1.165, 1.54) is 84.2 Å². The summed E-state index contributed by atoms with van der Waals surface area (Å²) in [4.78, 5) is 5.32. The van der Waals surface area contributed by atoms with E-state index in [1.54, 1.807) is 0 Å². The van der Waals surface area contributed by atoms with Gasteiger partial charge in [0.25, 0.3) is 0 Å². The lowest BCUT2D eigenvalue weighted by molar-refractivity contribution is 0.135. The van der Waals surface area contributed by atoms with Gasteiger partial charge >= 0.3 is 0 Å². The van der Waals surface area contributed by atoms with Crippen LogP contribution in [-0.4, -0.2) is 49.1 Å². The Morgan fingerprint density at radius 3 is 1.30 bits per heavy atom. The van der Waals surface area contributed by atoms with E-state index in [-0.39, 0.29) is 0 Å². The summed E-state index contributed by atoms with van der Waals surface area (Å²) in [5.41, 5.74) is 1.63. The van der Waals surface area contributed by atoms with Gasteiger partial charge in [0, 0.05) is 26.2 Å². The largest absolute Gasteiger partial charge is 0.303 e. The highest BCUT2D eigenvalue weighted by Crippen LogP contribution is 2.52. The fourth-order valence-electron chi connectivity index (χ4n) is 5.07. The van der Waals surface area contributed by atoms with E-state index >= 15 is 0 Å². The Kier molecular flexibility index (Phi) is 5.43. The molecule has 0 aromatic heterocycles. The molecule has 0 aromatic carbocycles. The maximum absolute atomic E-state index is 2.67. The first-order valence-corrected chi connectivity index (χ1v) is 10.4. The van der Waals surface area contributed by atoms with E-state index in [2.05, 4.69) is 37.5 Å². The molecular weight excluding hydrogens is 280 g/mol. The fourth-order valence-corrected chi connectivity index (χ4v) is 5.07. The smallest absolute Gasteiger partial charge is 0.00386 e. The van der Waals surface area contributed by atoms with Crippen LogP contribution in [0.25, 0.3) is 0 Å². The van der Waals surface area contributed by atoms with E-state index < -0.39 is 0 Å². The molecular formula is C21H40N2. The fraction of sp³-hybridized carbons (Fsp3) is 1.00. The molecule has 0 bridgehead atoms. The van der Waals surface area contributed by atoms with Crippen LogP contribution in [0.15, 0.2) is 0 Å². The highest BCUT2D eigenvalue weighted by Gasteiger charge is 2.47. The topological polar surface area (TPSA) is 6.48 Å². The molecule has 134 valence electrons. The van der Waals surface area contributed by atoms with Crippen LogP contribution in [0.3, 0.4) is 0 Å². The van der Waals surface area contributed by atoms with Crippen molar-refractivity contribution in [2.45, 2.75) is 72.6 Å². The highest BCUT2D eigenvalue weighted by molar-refractivity contribution is 5.00. The van der Waals surface area contributed by atoms with Crippen LogP contribution in [0.1, 0.15) is 72.6 Å². The van der Waals surface area contributed by atoms with Crippen molar-refractivity contribution in [2.24, 2.45) is 22.7 Å². The van der Waals surface area contributed by atoms with Gasteiger partial charge in [-0.1, -0.05) is 34.1 Å². The standard InChI is InChI=1S/C11H21N.C10H19N/c1-10(2)8-12-7-6-11(9-12)4-3-5-11;1-9(2)7-11-6-5-10(8-11)3-4-10/h10H,3-9H2,1-2H3;9H,3-8H2,1-2H3. The molecule has 2 heterocycles. The molecule has 2 saturated carbocycles. The predicted molar refractivity (Wildman–Crippen MR) is 99.7 cm³/mol. The Balaban J connectivity index is 0.000000136. The zero-order valence-electron chi connectivity index (χ0n) is 16.2. The van der Waals surface area contributed by atoms with Crippen molar-refractivity contribution in [3.05, 3.63) is 0 Å². The quantitative estimate of drug-likeness (QED) is 0.744. The summed E-state index contributed by atoms with van der Waals surface area (Å²) in [6, 6.07) is 0. The number of rotatable bonds is 4. The van der Waals surface area contributed by atoms with Gasteiger partial charge in [0.15, 0.2) is 0 Å². The first kappa shape index (κ1) is 17.7. The van der Waals surface area contributed by atoms with Crippen LogP contribution in [0.5, 0.6) is 0 Å². The SMILES string of the molecule is CC(C)CN1CCC2(CC2)C1.CC(C)CN1CCC2(CCC2)C1. The minimum absolute atomic E-state index is 0.800. The highest BCUT2D eigenvalue weighted by atomic mass is 15.2. The Hall–Kier alpha value is -0.0800. The maximum atomic E-state index is 2.67. The molecule has 2 aliphatic heterocycles. The molecule has 2 heteroatoms. The Bertz CT molecular complexity index is 379. The molecule has 0 amide bonds. The average Bonchev–Trinajstić information content (AvgIpc) is 2.86. The molecule has 0 radical (unpaired) electrons. The van der Waals surface area contributed by atoms with Gasteiger partial charge in [0.05, 0.1) is 0 Å². The van der Waals surface area contributed by atoms with Crippen molar-refractivity contribution in [1.82, 2.24) is 9.80 Å². The monoisotopic (exact) mass is 320 g/mol. The second-order valence-corrected chi connectivity index (χ2v) is 10.1. The first-order chi connectivity index (χ1) is 10.9. The Morgan fingerprint density at radius 1 is 0.652 bits per heavy atom. The average molecular weight is 321 g/mol.